The Hall–Kier alpha value is -2.29. The van der Waals surface area contributed by atoms with E-state index in [1.807, 2.05) is 24.3 Å². The average Bonchev–Trinajstić information content (AvgIpc) is 2.39. The minimum atomic E-state index is 0.242. The normalized spacial score (nSPS) is 10.9. The van der Waals surface area contributed by atoms with Gasteiger partial charge in [-0.05, 0) is 36.2 Å². The van der Waals surface area contributed by atoms with Crippen LogP contribution in [0.3, 0.4) is 0 Å². The summed E-state index contributed by atoms with van der Waals surface area (Å²) < 4.78 is 0. The number of hydrogen-bond acceptors (Lipinski definition) is 3. The first-order valence-electron chi connectivity index (χ1n) is 5.81. The first-order chi connectivity index (χ1) is 8.75. The monoisotopic (exact) mass is 241 g/mol. The smallest absolute Gasteiger partial charge is 0.124 e. The van der Waals surface area contributed by atoms with Gasteiger partial charge < -0.3 is 10.2 Å². The summed E-state index contributed by atoms with van der Waals surface area (Å²) >= 11 is 0. The van der Waals surface area contributed by atoms with Gasteiger partial charge in [-0.25, -0.2) is 0 Å². The van der Waals surface area contributed by atoms with Crippen LogP contribution in [0, 0.1) is 0 Å². The van der Waals surface area contributed by atoms with E-state index in [0.29, 0.717) is 6.54 Å². The molecule has 2 rings (SSSR count). The number of rotatable bonds is 4. The van der Waals surface area contributed by atoms with Gasteiger partial charge in [-0.1, -0.05) is 24.3 Å². The van der Waals surface area contributed by atoms with E-state index in [1.165, 1.54) is 0 Å². The molecule has 0 unspecified atom stereocenters. The number of phenols is 2. The largest absolute Gasteiger partial charge is 0.508 e. The predicted molar refractivity (Wildman–Crippen MR) is 72.4 cm³/mol. The van der Waals surface area contributed by atoms with Gasteiger partial charge in [0.15, 0.2) is 0 Å². The van der Waals surface area contributed by atoms with Crippen LogP contribution in [0.2, 0.25) is 0 Å². The number of para-hydroxylation sites is 1. The summed E-state index contributed by atoms with van der Waals surface area (Å²) in [5.74, 6) is 0.516. The molecule has 0 fully saturated rings. The first-order valence-corrected chi connectivity index (χ1v) is 5.81. The van der Waals surface area contributed by atoms with E-state index in [4.69, 9.17) is 5.11 Å². The third-order valence-electron chi connectivity index (χ3n) is 2.63. The van der Waals surface area contributed by atoms with Crippen LogP contribution in [0.15, 0.2) is 53.5 Å². The molecule has 0 aliphatic rings. The quantitative estimate of drug-likeness (QED) is 0.809. The van der Waals surface area contributed by atoms with Crippen molar-refractivity contribution in [1.29, 1.82) is 0 Å². The topological polar surface area (TPSA) is 52.8 Å². The van der Waals surface area contributed by atoms with E-state index < -0.39 is 0 Å². The van der Waals surface area contributed by atoms with Gasteiger partial charge in [-0.15, -0.1) is 0 Å². The fraction of sp³-hybridized carbons (Fsp3) is 0.133. The maximum Gasteiger partial charge on any atom is 0.124 e. The lowest BCUT2D eigenvalue weighted by Crippen LogP contribution is -1.90. The van der Waals surface area contributed by atoms with Crippen molar-refractivity contribution in [3.05, 3.63) is 59.7 Å². The fourth-order valence-corrected chi connectivity index (χ4v) is 1.62. The highest BCUT2D eigenvalue weighted by Crippen LogP contribution is 2.13. The SMILES string of the molecule is Oc1ccc(CCN=Cc2ccccc2O)cc1. The molecule has 18 heavy (non-hydrogen) atoms. The second-order valence-electron chi connectivity index (χ2n) is 4.01. The van der Waals surface area contributed by atoms with Crippen molar-refractivity contribution in [1.82, 2.24) is 0 Å². The Morgan fingerprint density at radius 3 is 2.39 bits per heavy atom. The molecular formula is C15H15NO2. The maximum atomic E-state index is 9.54. The Morgan fingerprint density at radius 1 is 0.944 bits per heavy atom. The van der Waals surface area contributed by atoms with Crippen LogP contribution in [0.4, 0.5) is 0 Å². The van der Waals surface area contributed by atoms with Gasteiger partial charge in [-0.2, -0.15) is 0 Å². The van der Waals surface area contributed by atoms with Crippen LogP contribution in [-0.4, -0.2) is 23.0 Å². The molecule has 0 aromatic heterocycles. The first kappa shape index (κ1) is 12.2. The number of aliphatic imine (C=N–C) groups is 1. The van der Waals surface area contributed by atoms with E-state index in [9.17, 15) is 5.11 Å². The molecule has 2 aromatic rings. The van der Waals surface area contributed by atoms with Gasteiger partial charge >= 0.3 is 0 Å². The lowest BCUT2D eigenvalue weighted by atomic mass is 10.1. The average molecular weight is 241 g/mol. The van der Waals surface area contributed by atoms with E-state index in [1.54, 1.807) is 30.5 Å². The lowest BCUT2D eigenvalue weighted by molar-refractivity contribution is 0.474. The second-order valence-corrected chi connectivity index (χ2v) is 4.01. The van der Waals surface area contributed by atoms with Gasteiger partial charge in [0.25, 0.3) is 0 Å². The summed E-state index contributed by atoms with van der Waals surface area (Å²) in [6.45, 7) is 0.652. The molecule has 0 radical (unpaired) electrons. The van der Waals surface area contributed by atoms with Gasteiger partial charge in [0.05, 0.1) is 0 Å². The van der Waals surface area contributed by atoms with Crippen molar-refractivity contribution >= 4 is 6.21 Å². The highest BCUT2D eigenvalue weighted by atomic mass is 16.3. The molecule has 92 valence electrons. The molecule has 2 aromatic carbocycles. The summed E-state index contributed by atoms with van der Waals surface area (Å²) in [6, 6.07) is 14.2. The molecule has 0 amide bonds. The summed E-state index contributed by atoms with van der Waals surface area (Å²) in [5.41, 5.74) is 1.85. The summed E-state index contributed by atoms with van der Waals surface area (Å²) in [5, 5.41) is 18.7. The Morgan fingerprint density at radius 2 is 1.67 bits per heavy atom. The van der Waals surface area contributed by atoms with Crippen molar-refractivity contribution < 1.29 is 10.2 Å². The fourth-order valence-electron chi connectivity index (χ4n) is 1.62. The lowest BCUT2D eigenvalue weighted by Gasteiger charge is -1.99. The summed E-state index contributed by atoms with van der Waals surface area (Å²) in [4.78, 5) is 4.27. The van der Waals surface area contributed by atoms with Crippen LogP contribution >= 0.6 is 0 Å². The standard InChI is InChI=1S/C15H15NO2/c17-14-7-5-12(6-8-14)9-10-16-11-13-3-1-2-4-15(13)18/h1-8,11,17-18H,9-10H2. The molecule has 0 bridgehead atoms. The number of hydrogen-bond donors (Lipinski definition) is 2. The molecule has 0 atom stereocenters. The van der Waals surface area contributed by atoms with Gasteiger partial charge in [0.2, 0.25) is 0 Å². The van der Waals surface area contributed by atoms with Crippen LogP contribution in [0.25, 0.3) is 0 Å². The minimum absolute atomic E-state index is 0.242. The van der Waals surface area contributed by atoms with Crippen molar-refractivity contribution in [2.45, 2.75) is 6.42 Å². The van der Waals surface area contributed by atoms with Crippen LogP contribution < -0.4 is 0 Å². The van der Waals surface area contributed by atoms with E-state index >= 15 is 0 Å². The zero-order valence-electron chi connectivity index (χ0n) is 9.95. The van der Waals surface area contributed by atoms with Gasteiger partial charge in [-0.3, -0.25) is 4.99 Å². The third kappa shape index (κ3) is 3.35. The number of aromatic hydroxyl groups is 2. The van der Waals surface area contributed by atoms with E-state index in [2.05, 4.69) is 4.99 Å². The zero-order valence-corrected chi connectivity index (χ0v) is 9.95. The molecule has 0 saturated heterocycles. The van der Waals surface area contributed by atoms with Crippen LogP contribution in [0.5, 0.6) is 11.5 Å². The molecule has 3 heteroatoms. The maximum absolute atomic E-state index is 9.54. The number of phenolic OH excluding ortho intramolecular Hbond substituents is 2. The van der Waals surface area contributed by atoms with Crippen molar-refractivity contribution in [2.75, 3.05) is 6.54 Å². The summed E-state index contributed by atoms with van der Waals surface area (Å²) in [6.07, 6.45) is 2.49. The Balaban J connectivity index is 1.89. The van der Waals surface area contributed by atoms with Crippen molar-refractivity contribution in [2.24, 2.45) is 4.99 Å². The zero-order chi connectivity index (χ0) is 12.8. The predicted octanol–water partition coefficient (Wildman–Crippen LogP) is 2.76. The Bertz CT molecular complexity index is 532. The van der Waals surface area contributed by atoms with Crippen LogP contribution in [0.1, 0.15) is 11.1 Å². The van der Waals surface area contributed by atoms with E-state index in [0.717, 1.165) is 17.5 Å². The van der Waals surface area contributed by atoms with E-state index in [-0.39, 0.29) is 11.5 Å². The van der Waals surface area contributed by atoms with Gasteiger partial charge in [0.1, 0.15) is 11.5 Å². The Kier molecular flexibility index (Phi) is 3.97. The molecular weight excluding hydrogens is 226 g/mol. The number of nitrogens with zero attached hydrogens (tertiary/aromatic N) is 1. The molecule has 3 nitrogen and oxygen atoms in total. The van der Waals surface area contributed by atoms with Crippen LogP contribution in [-0.2, 0) is 6.42 Å². The van der Waals surface area contributed by atoms with Crippen molar-refractivity contribution in [3.63, 3.8) is 0 Å². The number of benzene rings is 2. The van der Waals surface area contributed by atoms with Gasteiger partial charge in [0, 0.05) is 18.3 Å². The molecule has 0 aliphatic heterocycles. The third-order valence-corrected chi connectivity index (χ3v) is 2.63. The Labute approximate surface area is 106 Å². The second kappa shape index (κ2) is 5.87. The summed E-state index contributed by atoms with van der Waals surface area (Å²) in [7, 11) is 0. The molecule has 0 aliphatic carbocycles. The van der Waals surface area contributed by atoms with Crippen molar-refractivity contribution in [3.8, 4) is 11.5 Å². The minimum Gasteiger partial charge on any atom is -0.508 e. The highest BCUT2D eigenvalue weighted by Gasteiger charge is 1.95. The highest BCUT2D eigenvalue weighted by molar-refractivity contribution is 5.83. The molecule has 0 saturated carbocycles. The molecule has 0 heterocycles. The molecule has 2 N–H and O–H groups in total. The molecule has 0 spiro atoms.